The average molecular weight is 237 g/mol. The third kappa shape index (κ3) is 5.13. The summed E-state index contributed by atoms with van der Waals surface area (Å²) in [6.45, 7) is 5.32. The minimum Gasteiger partial charge on any atom is -0.463 e. The molecule has 0 amide bonds. The van der Waals surface area contributed by atoms with Crippen LogP contribution in [-0.4, -0.2) is 16.6 Å². The first-order valence-electron chi connectivity index (χ1n) is 6.43. The maximum absolute atomic E-state index is 5.55. The number of ether oxygens (including phenoxy) is 1. The summed E-state index contributed by atoms with van der Waals surface area (Å²) in [5.74, 6) is 0. The molecular weight excluding hydrogens is 214 g/mol. The van der Waals surface area contributed by atoms with Gasteiger partial charge in [-0.05, 0) is 13.3 Å². The standard InChI is InChI=1S/C13H23N3O/c1-3-4-5-6-7-8-17-13-15-10-12(9-14)11(2)16-13/h10H,3-9,14H2,1-2H3. The van der Waals surface area contributed by atoms with E-state index >= 15 is 0 Å². The summed E-state index contributed by atoms with van der Waals surface area (Å²) < 4.78 is 5.50. The van der Waals surface area contributed by atoms with Gasteiger partial charge in [-0.1, -0.05) is 32.6 Å². The molecule has 4 heteroatoms. The Morgan fingerprint density at radius 2 is 2.00 bits per heavy atom. The first-order chi connectivity index (χ1) is 8.27. The van der Waals surface area contributed by atoms with Gasteiger partial charge in [0, 0.05) is 24.0 Å². The fourth-order valence-corrected chi connectivity index (χ4v) is 1.61. The number of aromatic nitrogens is 2. The Bertz CT molecular complexity index is 328. The number of rotatable bonds is 8. The Morgan fingerprint density at radius 1 is 1.24 bits per heavy atom. The Kier molecular flexibility index (Phi) is 6.55. The van der Waals surface area contributed by atoms with E-state index in [1.54, 1.807) is 6.20 Å². The van der Waals surface area contributed by atoms with E-state index in [-0.39, 0.29) is 0 Å². The maximum atomic E-state index is 5.55. The van der Waals surface area contributed by atoms with Gasteiger partial charge in [-0.2, -0.15) is 0 Å². The minimum absolute atomic E-state index is 0.468. The van der Waals surface area contributed by atoms with Crippen molar-refractivity contribution in [3.63, 3.8) is 0 Å². The zero-order valence-electron chi connectivity index (χ0n) is 10.9. The van der Waals surface area contributed by atoms with E-state index in [2.05, 4.69) is 16.9 Å². The normalized spacial score (nSPS) is 10.5. The predicted octanol–water partition coefficient (Wildman–Crippen LogP) is 2.59. The van der Waals surface area contributed by atoms with Crippen LogP contribution in [0.4, 0.5) is 0 Å². The van der Waals surface area contributed by atoms with Gasteiger partial charge in [0.05, 0.1) is 6.61 Å². The number of unbranched alkanes of at least 4 members (excludes halogenated alkanes) is 4. The molecule has 1 heterocycles. The lowest BCUT2D eigenvalue weighted by atomic mass is 10.2. The minimum atomic E-state index is 0.468. The lowest BCUT2D eigenvalue weighted by Gasteiger charge is -2.06. The second kappa shape index (κ2) is 8.01. The van der Waals surface area contributed by atoms with Crippen molar-refractivity contribution in [3.8, 4) is 6.01 Å². The Balaban J connectivity index is 2.25. The molecule has 0 fully saturated rings. The molecule has 96 valence electrons. The fourth-order valence-electron chi connectivity index (χ4n) is 1.61. The van der Waals surface area contributed by atoms with E-state index in [0.717, 1.165) is 17.7 Å². The fraction of sp³-hybridized carbons (Fsp3) is 0.692. The second-order valence-corrected chi connectivity index (χ2v) is 4.23. The van der Waals surface area contributed by atoms with Crippen molar-refractivity contribution in [3.05, 3.63) is 17.5 Å². The van der Waals surface area contributed by atoms with Gasteiger partial charge >= 0.3 is 6.01 Å². The quantitative estimate of drug-likeness (QED) is 0.706. The molecule has 2 N–H and O–H groups in total. The topological polar surface area (TPSA) is 61.0 Å². The average Bonchev–Trinajstić information content (AvgIpc) is 2.34. The molecule has 17 heavy (non-hydrogen) atoms. The van der Waals surface area contributed by atoms with Crippen molar-refractivity contribution in [2.24, 2.45) is 5.73 Å². The second-order valence-electron chi connectivity index (χ2n) is 4.23. The first kappa shape index (κ1) is 13.9. The van der Waals surface area contributed by atoms with Crippen LogP contribution < -0.4 is 10.5 Å². The molecule has 0 unspecified atom stereocenters. The van der Waals surface area contributed by atoms with E-state index in [0.29, 0.717) is 19.2 Å². The Labute approximate surface area is 104 Å². The highest BCUT2D eigenvalue weighted by molar-refractivity contribution is 5.17. The van der Waals surface area contributed by atoms with Crippen LogP contribution in [0.25, 0.3) is 0 Å². The van der Waals surface area contributed by atoms with Crippen molar-refractivity contribution in [1.82, 2.24) is 9.97 Å². The van der Waals surface area contributed by atoms with Gasteiger partial charge in [-0.15, -0.1) is 0 Å². The monoisotopic (exact) mass is 237 g/mol. The van der Waals surface area contributed by atoms with Gasteiger partial charge in [0.2, 0.25) is 0 Å². The van der Waals surface area contributed by atoms with E-state index < -0.39 is 0 Å². The summed E-state index contributed by atoms with van der Waals surface area (Å²) in [4.78, 5) is 8.40. The molecule has 0 saturated heterocycles. The number of hydrogen-bond acceptors (Lipinski definition) is 4. The van der Waals surface area contributed by atoms with Crippen molar-refractivity contribution < 1.29 is 4.74 Å². The molecule has 0 aliphatic carbocycles. The summed E-state index contributed by atoms with van der Waals surface area (Å²) >= 11 is 0. The zero-order chi connectivity index (χ0) is 12.5. The van der Waals surface area contributed by atoms with Crippen LogP contribution in [0.3, 0.4) is 0 Å². The van der Waals surface area contributed by atoms with E-state index in [1.807, 2.05) is 6.92 Å². The molecule has 0 aromatic carbocycles. The van der Waals surface area contributed by atoms with Gasteiger partial charge in [0.1, 0.15) is 0 Å². The van der Waals surface area contributed by atoms with Gasteiger partial charge in [-0.3, -0.25) is 0 Å². The third-order valence-electron chi connectivity index (χ3n) is 2.76. The first-order valence-corrected chi connectivity index (χ1v) is 6.43. The molecule has 0 saturated carbocycles. The number of nitrogens with two attached hydrogens (primary N) is 1. The molecular formula is C13H23N3O. The molecule has 0 radical (unpaired) electrons. The van der Waals surface area contributed by atoms with Crippen molar-refractivity contribution in [1.29, 1.82) is 0 Å². The van der Waals surface area contributed by atoms with Crippen molar-refractivity contribution >= 4 is 0 Å². The number of hydrogen-bond donors (Lipinski definition) is 1. The van der Waals surface area contributed by atoms with Gasteiger partial charge in [-0.25, -0.2) is 9.97 Å². The van der Waals surface area contributed by atoms with Crippen molar-refractivity contribution in [2.75, 3.05) is 6.61 Å². The number of nitrogens with zero attached hydrogens (tertiary/aromatic N) is 2. The van der Waals surface area contributed by atoms with E-state index in [4.69, 9.17) is 10.5 Å². The predicted molar refractivity (Wildman–Crippen MR) is 68.9 cm³/mol. The molecule has 0 aliphatic rings. The summed E-state index contributed by atoms with van der Waals surface area (Å²) in [6.07, 6.45) is 7.89. The van der Waals surface area contributed by atoms with Crippen LogP contribution in [0.5, 0.6) is 6.01 Å². The highest BCUT2D eigenvalue weighted by Gasteiger charge is 2.02. The summed E-state index contributed by atoms with van der Waals surface area (Å²) in [5.41, 5.74) is 7.43. The summed E-state index contributed by atoms with van der Waals surface area (Å²) in [6, 6.07) is 0.468. The summed E-state index contributed by atoms with van der Waals surface area (Å²) in [7, 11) is 0. The number of aryl methyl sites for hydroxylation is 1. The molecule has 4 nitrogen and oxygen atoms in total. The maximum Gasteiger partial charge on any atom is 0.316 e. The van der Waals surface area contributed by atoms with Crippen LogP contribution in [0.1, 0.15) is 50.3 Å². The summed E-state index contributed by atoms with van der Waals surface area (Å²) in [5, 5.41) is 0. The van der Waals surface area contributed by atoms with Gasteiger partial charge in [0.15, 0.2) is 0 Å². The van der Waals surface area contributed by atoms with E-state index in [1.165, 1.54) is 25.7 Å². The van der Waals surface area contributed by atoms with Gasteiger partial charge < -0.3 is 10.5 Å². The molecule has 0 aliphatic heterocycles. The smallest absolute Gasteiger partial charge is 0.316 e. The molecule has 0 bridgehead atoms. The van der Waals surface area contributed by atoms with Crippen LogP contribution >= 0.6 is 0 Å². The highest BCUT2D eigenvalue weighted by Crippen LogP contribution is 2.09. The molecule has 0 spiro atoms. The lowest BCUT2D eigenvalue weighted by molar-refractivity contribution is 0.280. The Hall–Kier alpha value is -1.16. The molecule has 0 atom stereocenters. The molecule has 1 aromatic heterocycles. The van der Waals surface area contributed by atoms with Crippen molar-refractivity contribution in [2.45, 2.75) is 52.5 Å². The Morgan fingerprint density at radius 3 is 2.65 bits per heavy atom. The van der Waals surface area contributed by atoms with E-state index in [9.17, 15) is 0 Å². The largest absolute Gasteiger partial charge is 0.463 e. The highest BCUT2D eigenvalue weighted by atomic mass is 16.5. The molecule has 1 rings (SSSR count). The van der Waals surface area contributed by atoms with Gasteiger partial charge in [0.25, 0.3) is 0 Å². The third-order valence-corrected chi connectivity index (χ3v) is 2.76. The molecule has 1 aromatic rings. The van der Waals surface area contributed by atoms with Crippen LogP contribution in [-0.2, 0) is 6.54 Å². The van der Waals surface area contributed by atoms with Crippen LogP contribution in [0.15, 0.2) is 6.20 Å². The zero-order valence-corrected chi connectivity index (χ0v) is 10.9. The van der Waals surface area contributed by atoms with Crippen LogP contribution in [0.2, 0.25) is 0 Å². The SMILES string of the molecule is CCCCCCCOc1ncc(CN)c(C)n1. The lowest BCUT2D eigenvalue weighted by Crippen LogP contribution is -2.06. The van der Waals surface area contributed by atoms with Crippen LogP contribution in [0, 0.1) is 6.92 Å².